The first-order valence-electron chi connectivity index (χ1n) is 3.62. The van der Waals surface area contributed by atoms with E-state index in [4.69, 9.17) is 0 Å². The average molecular weight is 133 g/mol. The molecule has 10 heavy (non-hydrogen) atoms. The fourth-order valence-electron chi connectivity index (χ4n) is 0.914. The van der Waals surface area contributed by atoms with Gasteiger partial charge in [0.2, 0.25) is 0 Å². The molecule has 0 heterocycles. The minimum atomic E-state index is 1.06. The molecule has 2 heteroatoms. The van der Waals surface area contributed by atoms with Crippen molar-refractivity contribution in [3.05, 3.63) is 35.9 Å². The van der Waals surface area contributed by atoms with Crippen molar-refractivity contribution < 1.29 is 0 Å². The zero-order valence-corrected chi connectivity index (χ0v) is 6.30. The summed E-state index contributed by atoms with van der Waals surface area (Å²) in [5.74, 6) is 0. The Morgan fingerprint density at radius 1 is 1.20 bits per heavy atom. The SMILES string of the molecule is BNCCc1ccccc1. The maximum absolute atomic E-state index is 3.12. The van der Waals surface area contributed by atoms with E-state index in [1.807, 2.05) is 14.0 Å². The van der Waals surface area contributed by atoms with Crippen molar-refractivity contribution in [1.82, 2.24) is 5.23 Å². The van der Waals surface area contributed by atoms with Crippen LogP contribution >= 0.6 is 0 Å². The normalized spacial score (nSPS) is 9.60. The van der Waals surface area contributed by atoms with Crippen molar-refractivity contribution in [2.75, 3.05) is 6.54 Å². The summed E-state index contributed by atoms with van der Waals surface area (Å²) in [7, 11) is 1.98. The van der Waals surface area contributed by atoms with Gasteiger partial charge < -0.3 is 5.23 Å². The van der Waals surface area contributed by atoms with Crippen LogP contribution in [0.3, 0.4) is 0 Å². The van der Waals surface area contributed by atoms with Gasteiger partial charge in [-0.05, 0) is 18.5 Å². The maximum atomic E-state index is 3.12. The number of rotatable bonds is 3. The van der Waals surface area contributed by atoms with Gasteiger partial charge in [-0.25, -0.2) is 0 Å². The lowest BCUT2D eigenvalue weighted by Crippen LogP contribution is -2.11. The Bertz CT molecular complexity index is 174. The highest BCUT2D eigenvalue weighted by atomic mass is 14.7. The maximum Gasteiger partial charge on any atom is 0.181 e. The van der Waals surface area contributed by atoms with Gasteiger partial charge in [0.05, 0.1) is 0 Å². The summed E-state index contributed by atoms with van der Waals surface area (Å²) < 4.78 is 0. The Hall–Kier alpha value is -0.755. The Kier molecular flexibility index (Phi) is 3.03. The van der Waals surface area contributed by atoms with Crippen molar-refractivity contribution in [2.45, 2.75) is 6.42 Å². The molecule has 0 atom stereocenters. The van der Waals surface area contributed by atoms with Crippen LogP contribution in [0.15, 0.2) is 30.3 Å². The van der Waals surface area contributed by atoms with Crippen LogP contribution in [-0.2, 0) is 6.42 Å². The molecule has 1 nitrogen and oxygen atoms in total. The lowest BCUT2D eigenvalue weighted by molar-refractivity contribution is 0.898. The van der Waals surface area contributed by atoms with E-state index in [9.17, 15) is 0 Å². The average Bonchev–Trinajstić information content (AvgIpc) is 2.03. The lowest BCUT2D eigenvalue weighted by atomic mass is 10.1. The molecule has 1 rings (SSSR count). The topological polar surface area (TPSA) is 12.0 Å². The summed E-state index contributed by atoms with van der Waals surface area (Å²) in [6.07, 6.45) is 1.12. The van der Waals surface area contributed by atoms with E-state index in [0.717, 1.165) is 13.0 Å². The zero-order valence-electron chi connectivity index (χ0n) is 6.30. The minimum absolute atomic E-state index is 1.06. The number of nitrogens with one attached hydrogen (secondary N) is 1. The molecule has 1 N–H and O–H groups in total. The standard InChI is InChI=1S/C8H12BN/c9-10-7-6-8-4-2-1-3-5-8/h1-5,10H,6-7,9H2. The second-order valence-electron chi connectivity index (χ2n) is 2.34. The molecule has 0 fully saturated rings. The molecule has 0 aliphatic carbocycles. The summed E-state index contributed by atoms with van der Waals surface area (Å²) in [5.41, 5.74) is 1.40. The number of benzene rings is 1. The Morgan fingerprint density at radius 2 is 1.90 bits per heavy atom. The van der Waals surface area contributed by atoms with E-state index in [-0.39, 0.29) is 0 Å². The molecule has 0 unspecified atom stereocenters. The molecule has 0 saturated carbocycles. The molecule has 0 radical (unpaired) electrons. The van der Waals surface area contributed by atoms with Gasteiger partial charge >= 0.3 is 0 Å². The highest BCUT2D eigenvalue weighted by molar-refractivity contribution is 6.04. The van der Waals surface area contributed by atoms with E-state index in [1.54, 1.807) is 0 Å². The van der Waals surface area contributed by atoms with Crippen molar-refractivity contribution in [1.29, 1.82) is 0 Å². The van der Waals surface area contributed by atoms with Crippen LogP contribution in [0, 0.1) is 0 Å². The van der Waals surface area contributed by atoms with E-state index >= 15 is 0 Å². The molecule has 0 saturated heterocycles. The summed E-state index contributed by atoms with van der Waals surface area (Å²) in [4.78, 5) is 0. The first kappa shape index (κ1) is 7.35. The molecule has 0 aliphatic rings. The smallest absolute Gasteiger partial charge is 0.181 e. The summed E-state index contributed by atoms with van der Waals surface area (Å²) in [5, 5.41) is 3.12. The molecule has 1 aromatic carbocycles. The van der Waals surface area contributed by atoms with Crippen molar-refractivity contribution in [3.63, 3.8) is 0 Å². The summed E-state index contributed by atoms with van der Waals surface area (Å²) in [6, 6.07) is 10.5. The second kappa shape index (κ2) is 4.12. The Morgan fingerprint density at radius 3 is 2.50 bits per heavy atom. The summed E-state index contributed by atoms with van der Waals surface area (Å²) >= 11 is 0. The van der Waals surface area contributed by atoms with Gasteiger partial charge in [0.15, 0.2) is 7.98 Å². The second-order valence-corrected chi connectivity index (χ2v) is 2.34. The third-order valence-electron chi connectivity index (χ3n) is 1.51. The van der Waals surface area contributed by atoms with Crippen LogP contribution < -0.4 is 5.23 Å². The quantitative estimate of drug-likeness (QED) is 0.587. The van der Waals surface area contributed by atoms with Crippen LogP contribution in [0.5, 0.6) is 0 Å². The lowest BCUT2D eigenvalue weighted by Gasteiger charge is -1.97. The monoisotopic (exact) mass is 133 g/mol. The number of hydrogen-bond donors (Lipinski definition) is 1. The van der Waals surface area contributed by atoms with Gasteiger partial charge in [-0.2, -0.15) is 0 Å². The minimum Gasteiger partial charge on any atom is -0.362 e. The van der Waals surface area contributed by atoms with Crippen molar-refractivity contribution in [3.8, 4) is 0 Å². The molecule has 0 aliphatic heterocycles. The predicted molar refractivity (Wildman–Crippen MR) is 46.7 cm³/mol. The van der Waals surface area contributed by atoms with Crippen LogP contribution in [0.25, 0.3) is 0 Å². The van der Waals surface area contributed by atoms with E-state index in [2.05, 4.69) is 29.5 Å². The fraction of sp³-hybridized carbons (Fsp3) is 0.250. The Balaban J connectivity index is 2.43. The Labute approximate surface area is 62.9 Å². The molecular formula is C8H12BN. The first-order valence-corrected chi connectivity index (χ1v) is 3.62. The van der Waals surface area contributed by atoms with E-state index < -0.39 is 0 Å². The molecule has 0 aromatic heterocycles. The molecular weight excluding hydrogens is 121 g/mol. The highest BCUT2D eigenvalue weighted by Crippen LogP contribution is 1.97. The number of hydrogen-bond acceptors (Lipinski definition) is 1. The van der Waals surface area contributed by atoms with Crippen LogP contribution in [0.2, 0.25) is 0 Å². The van der Waals surface area contributed by atoms with Crippen LogP contribution in [0.4, 0.5) is 0 Å². The first-order chi connectivity index (χ1) is 4.93. The molecule has 0 spiro atoms. The van der Waals surface area contributed by atoms with Gasteiger partial charge in [0.25, 0.3) is 0 Å². The van der Waals surface area contributed by atoms with Crippen LogP contribution in [-0.4, -0.2) is 14.5 Å². The van der Waals surface area contributed by atoms with Gasteiger partial charge in [0, 0.05) is 0 Å². The third-order valence-corrected chi connectivity index (χ3v) is 1.51. The summed E-state index contributed by atoms with van der Waals surface area (Å²) in [6.45, 7) is 1.06. The largest absolute Gasteiger partial charge is 0.362 e. The highest BCUT2D eigenvalue weighted by Gasteiger charge is 1.86. The van der Waals surface area contributed by atoms with Crippen molar-refractivity contribution in [2.24, 2.45) is 0 Å². The van der Waals surface area contributed by atoms with Crippen molar-refractivity contribution >= 4 is 7.98 Å². The van der Waals surface area contributed by atoms with Gasteiger partial charge in [0.1, 0.15) is 0 Å². The molecule has 1 aromatic rings. The molecule has 0 amide bonds. The van der Waals surface area contributed by atoms with E-state index in [0.29, 0.717) is 0 Å². The van der Waals surface area contributed by atoms with E-state index in [1.165, 1.54) is 5.56 Å². The molecule has 52 valence electrons. The van der Waals surface area contributed by atoms with Crippen LogP contribution in [0.1, 0.15) is 5.56 Å². The fourth-order valence-corrected chi connectivity index (χ4v) is 0.914. The van der Waals surface area contributed by atoms with Gasteiger partial charge in [-0.1, -0.05) is 30.3 Å². The van der Waals surface area contributed by atoms with Gasteiger partial charge in [-0.15, -0.1) is 0 Å². The van der Waals surface area contributed by atoms with Gasteiger partial charge in [-0.3, -0.25) is 0 Å². The third kappa shape index (κ3) is 2.23. The molecule has 0 bridgehead atoms. The predicted octanol–water partition coefficient (Wildman–Crippen LogP) is 0.367. The zero-order chi connectivity index (χ0) is 7.23.